The molecule has 3 N–H and O–H groups in total. The van der Waals surface area contributed by atoms with Crippen molar-refractivity contribution in [2.45, 2.75) is 58.9 Å². The van der Waals surface area contributed by atoms with E-state index >= 15 is 0 Å². The summed E-state index contributed by atoms with van der Waals surface area (Å²) >= 11 is 0. The number of benzene rings is 3. The fourth-order valence-corrected chi connectivity index (χ4v) is 5.30. The molecule has 9 nitrogen and oxygen atoms in total. The summed E-state index contributed by atoms with van der Waals surface area (Å²) in [5.41, 5.74) is 2.28. The van der Waals surface area contributed by atoms with Crippen LogP contribution in [0.1, 0.15) is 63.2 Å². The minimum atomic E-state index is -0.662. The number of ether oxygens (including phenoxy) is 2. The summed E-state index contributed by atoms with van der Waals surface area (Å²) in [5, 5.41) is 8.27. The minimum absolute atomic E-state index is 0.00194. The Labute approximate surface area is 266 Å². The van der Waals surface area contributed by atoms with Crippen molar-refractivity contribution in [3.05, 3.63) is 72.0 Å². The average Bonchev–Trinajstić information content (AvgIpc) is 3.30. The lowest BCUT2D eigenvalue weighted by Gasteiger charge is -2.23. The van der Waals surface area contributed by atoms with Gasteiger partial charge in [0.1, 0.15) is 5.75 Å². The Morgan fingerprint density at radius 3 is 2.29 bits per heavy atom. The number of unbranched alkanes of at least 4 members (excludes halogenated alkanes) is 1. The molecule has 0 unspecified atom stereocenters. The van der Waals surface area contributed by atoms with E-state index in [1.54, 1.807) is 24.3 Å². The number of anilines is 3. The maximum atomic E-state index is 14.9. The molecule has 0 spiro atoms. The van der Waals surface area contributed by atoms with Gasteiger partial charge in [-0.25, -0.2) is 9.18 Å². The van der Waals surface area contributed by atoms with E-state index in [1.807, 2.05) is 38.1 Å². The van der Waals surface area contributed by atoms with Crippen LogP contribution in [0.2, 0.25) is 0 Å². The largest absolute Gasteiger partial charge is 0.493 e. The molecule has 3 amide bonds. The van der Waals surface area contributed by atoms with Gasteiger partial charge in [-0.2, -0.15) is 0 Å². The molecular formula is C35H46FN5O4. The molecule has 3 aromatic rings. The van der Waals surface area contributed by atoms with Gasteiger partial charge in [0.15, 0.2) is 17.3 Å². The second-order valence-electron chi connectivity index (χ2n) is 11.3. The zero-order valence-electron chi connectivity index (χ0n) is 26.8. The van der Waals surface area contributed by atoms with Gasteiger partial charge in [-0.05, 0) is 87.3 Å². The Balaban J connectivity index is 1.33. The Morgan fingerprint density at radius 2 is 1.62 bits per heavy atom. The van der Waals surface area contributed by atoms with Gasteiger partial charge in [-0.3, -0.25) is 4.79 Å². The molecule has 0 bridgehead atoms. The highest BCUT2D eigenvalue weighted by Crippen LogP contribution is 2.36. The van der Waals surface area contributed by atoms with Crippen LogP contribution in [0.5, 0.6) is 17.2 Å². The van der Waals surface area contributed by atoms with Crippen LogP contribution in [0.25, 0.3) is 0 Å². The molecule has 0 aliphatic carbocycles. The van der Waals surface area contributed by atoms with Crippen molar-refractivity contribution in [3.8, 4) is 17.2 Å². The lowest BCUT2D eigenvalue weighted by Crippen LogP contribution is -2.37. The summed E-state index contributed by atoms with van der Waals surface area (Å²) in [6.45, 7) is 11.5. The zero-order chi connectivity index (χ0) is 32.2. The number of amides is 3. The van der Waals surface area contributed by atoms with Crippen LogP contribution in [-0.4, -0.2) is 62.7 Å². The molecule has 1 heterocycles. The number of carbonyl (C=O) groups is 2. The van der Waals surface area contributed by atoms with Gasteiger partial charge < -0.3 is 35.2 Å². The zero-order valence-corrected chi connectivity index (χ0v) is 26.8. The Bertz CT molecular complexity index is 1400. The second-order valence-corrected chi connectivity index (χ2v) is 11.3. The van der Waals surface area contributed by atoms with Gasteiger partial charge in [0.25, 0.3) is 5.91 Å². The smallest absolute Gasteiger partial charge is 0.319 e. The Morgan fingerprint density at radius 1 is 0.889 bits per heavy atom. The van der Waals surface area contributed by atoms with Crippen molar-refractivity contribution in [3.63, 3.8) is 0 Å². The van der Waals surface area contributed by atoms with E-state index in [4.69, 9.17) is 9.47 Å². The Kier molecular flexibility index (Phi) is 12.4. The monoisotopic (exact) mass is 619 g/mol. The van der Waals surface area contributed by atoms with Crippen molar-refractivity contribution in [1.82, 2.24) is 10.2 Å². The van der Waals surface area contributed by atoms with Crippen LogP contribution in [0.15, 0.2) is 60.7 Å². The van der Waals surface area contributed by atoms with Crippen LogP contribution in [0.3, 0.4) is 0 Å². The number of urea groups is 1. The van der Waals surface area contributed by atoms with E-state index in [9.17, 15) is 14.0 Å². The molecule has 0 radical (unpaired) electrons. The molecule has 1 fully saturated rings. The molecule has 3 aromatic carbocycles. The SMILES string of the molecule is CCCCN1CCCN(c2ccc(C(=O)Nc3ccc(Oc4cc(F)c(NC(=O)NC(CC)CC)cc4OC)cc3)cc2)CC1. The average molecular weight is 620 g/mol. The number of rotatable bonds is 13. The number of nitrogens with one attached hydrogen (secondary N) is 3. The predicted molar refractivity (Wildman–Crippen MR) is 179 cm³/mol. The number of halogens is 1. The minimum Gasteiger partial charge on any atom is -0.493 e. The second kappa shape index (κ2) is 16.7. The standard InChI is InChI=1S/C35H46FN5O4/c1-5-8-18-40-19-9-20-41(22-21-40)28-14-10-25(11-15-28)34(42)37-27-12-16-29(17-13-27)45-33-23-30(36)31(24-32(33)44-4)39-35(43)38-26(6-2)7-3/h10-17,23-24,26H,5-9,18-22H2,1-4H3,(H,37,42)(H2,38,39,43). The summed E-state index contributed by atoms with van der Waals surface area (Å²) < 4.78 is 26.1. The van der Waals surface area contributed by atoms with Crippen molar-refractivity contribution in [2.75, 3.05) is 55.4 Å². The van der Waals surface area contributed by atoms with Gasteiger partial charge in [-0.15, -0.1) is 0 Å². The number of carbonyl (C=O) groups excluding carboxylic acids is 2. The lowest BCUT2D eigenvalue weighted by atomic mass is 10.1. The molecular weight excluding hydrogens is 573 g/mol. The lowest BCUT2D eigenvalue weighted by molar-refractivity contribution is 0.102. The van der Waals surface area contributed by atoms with Crippen molar-refractivity contribution >= 4 is 29.0 Å². The fourth-order valence-electron chi connectivity index (χ4n) is 5.30. The van der Waals surface area contributed by atoms with Crippen LogP contribution in [-0.2, 0) is 0 Å². The summed E-state index contributed by atoms with van der Waals surface area (Å²) in [6.07, 6.45) is 5.13. The molecule has 1 saturated heterocycles. The maximum Gasteiger partial charge on any atom is 0.319 e. The highest BCUT2D eigenvalue weighted by atomic mass is 19.1. The first-order chi connectivity index (χ1) is 21.8. The molecule has 0 aromatic heterocycles. The molecule has 242 valence electrons. The van der Waals surface area contributed by atoms with Crippen LogP contribution >= 0.6 is 0 Å². The number of hydrogen-bond acceptors (Lipinski definition) is 6. The van der Waals surface area contributed by atoms with Crippen LogP contribution in [0.4, 0.5) is 26.2 Å². The van der Waals surface area contributed by atoms with Gasteiger partial charge >= 0.3 is 6.03 Å². The first-order valence-electron chi connectivity index (χ1n) is 15.9. The third-order valence-corrected chi connectivity index (χ3v) is 8.07. The molecule has 1 aliphatic rings. The van der Waals surface area contributed by atoms with Gasteiger partial charge in [0, 0.05) is 54.7 Å². The first kappa shape index (κ1) is 33.6. The quantitative estimate of drug-likeness (QED) is 0.183. The summed E-state index contributed by atoms with van der Waals surface area (Å²) in [6, 6.07) is 16.6. The summed E-state index contributed by atoms with van der Waals surface area (Å²) in [4.78, 5) is 30.2. The van der Waals surface area contributed by atoms with E-state index in [0.29, 0.717) is 17.0 Å². The van der Waals surface area contributed by atoms with E-state index in [1.165, 1.54) is 32.1 Å². The van der Waals surface area contributed by atoms with E-state index in [0.717, 1.165) is 57.7 Å². The normalized spacial score (nSPS) is 13.7. The number of hydrogen-bond donors (Lipinski definition) is 3. The molecule has 1 aliphatic heterocycles. The van der Waals surface area contributed by atoms with E-state index in [2.05, 4.69) is 32.7 Å². The van der Waals surface area contributed by atoms with Gasteiger partial charge in [-0.1, -0.05) is 27.2 Å². The highest BCUT2D eigenvalue weighted by molar-refractivity contribution is 6.04. The third kappa shape index (κ3) is 9.59. The number of methoxy groups -OCH3 is 1. The van der Waals surface area contributed by atoms with E-state index in [-0.39, 0.29) is 29.1 Å². The predicted octanol–water partition coefficient (Wildman–Crippen LogP) is 7.50. The maximum absolute atomic E-state index is 14.9. The van der Waals surface area contributed by atoms with E-state index < -0.39 is 11.8 Å². The Hall–Kier alpha value is -4.31. The summed E-state index contributed by atoms with van der Waals surface area (Å²) in [5.74, 6) is -0.0463. The molecule has 10 heteroatoms. The number of nitrogens with zero attached hydrogens (tertiary/aromatic N) is 2. The summed E-state index contributed by atoms with van der Waals surface area (Å²) in [7, 11) is 1.44. The van der Waals surface area contributed by atoms with Gasteiger partial charge in [0.05, 0.1) is 12.8 Å². The molecule has 0 atom stereocenters. The fraction of sp³-hybridized carbons (Fsp3) is 0.429. The molecule has 0 saturated carbocycles. The van der Waals surface area contributed by atoms with Crippen LogP contribution < -0.4 is 30.3 Å². The molecule has 4 rings (SSSR count). The van der Waals surface area contributed by atoms with Crippen molar-refractivity contribution < 1.29 is 23.5 Å². The van der Waals surface area contributed by atoms with Gasteiger partial charge in [0.2, 0.25) is 0 Å². The van der Waals surface area contributed by atoms with Crippen LogP contribution in [0, 0.1) is 5.82 Å². The van der Waals surface area contributed by atoms with Crippen molar-refractivity contribution in [1.29, 1.82) is 0 Å². The highest BCUT2D eigenvalue weighted by Gasteiger charge is 2.18. The third-order valence-electron chi connectivity index (χ3n) is 8.07. The topological polar surface area (TPSA) is 95.2 Å². The molecule has 45 heavy (non-hydrogen) atoms. The first-order valence-corrected chi connectivity index (χ1v) is 15.9. The van der Waals surface area contributed by atoms with Crippen molar-refractivity contribution in [2.24, 2.45) is 0 Å².